The molecule has 0 radical (unpaired) electrons. The van der Waals surface area contributed by atoms with Crippen molar-refractivity contribution in [3.63, 3.8) is 0 Å². The van der Waals surface area contributed by atoms with Crippen LogP contribution in [0.3, 0.4) is 0 Å². The quantitative estimate of drug-likeness (QED) is 0.0137. The fourth-order valence-corrected chi connectivity index (χ4v) is 7.35. The van der Waals surface area contributed by atoms with Crippen LogP contribution in [-0.2, 0) is 19.1 Å². The highest BCUT2D eigenvalue weighted by molar-refractivity contribution is 5.92. The third-order valence-electron chi connectivity index (χ3n) is 11.5. The molecule has 0 aliphatic heterocycles. The summed E-state index contributed by atoms with van der Waals surface area (Å²) < 4.78 is 91.2. The molecule has 0 bridgehead atoms. The lowest BCUT2D eigenvalue weighted by Gasteiger charge is -2.13. The molecule has 0 aliphatic carbocycles. The molecule has 0 aliphatic rings. The van der Waals surface area contributed by atoms with Crippen molar-refractivity contribution in [2.75, 3.05) is 26.4 Å². The van der Waals surface area contributed by atoms with Crippen LogP contribution in [0.5, 0.6) is 23.0 Å². The van der Waals surface area contributed by atoms with Gasteiger partial charge in [0, 0.05) is 11.1 Å². The third-order valence-corrected chi connectivity index (χ3v) is 11.5. The van der Waals surface area contributed by atoms with Crippen LogP contribution in [0.1, 0.15) is 189 Å². The second kappa shape index (κ2) is 34.6. The fourth-order valence-electron chi connectivity index (χ4n) is 7.35. The Balaban J connectivity index is 1.26. The van der Waals surface area contributed by atoms with Gasteiger partial charge in [-0.25, -0.2) is 19.2 Å². The van der Waals surface area contributed by atoms with Crippen LogP contribution < -0.4 is 18.9 Å². The summed E-state index contributed by atoms with van der Waals surface area (Å²) >= 11 is 0. The minimum Gasteiger partial charge on any atom is -0.494 e. The van der Waals surface area contributed by atoms with Crippen molar-refractivity contribution in [1.82, 2.24) is 0 Å². The van der Waals surface area contributed by atoms with E-state index in [9.17, 15) is 19.2 Å². The summed E-state index contributed by atoms with van der Waals surface area (Å²) in [6.45, 7) is 12.2. The number of rotatable bonds is 38. The molecule has 14 heteroatoms. The van der Waals surface area contributed by atoms with E-state index in [1.807, 2.05) is 0 Å². The minimum absolute atomic E-state index is 0.156. The lowest BCUT2D eigenvalue weighted by Crippen LogP contribution is -2.16. The van der Waals surface area contributed by atoms with Gasteiger partial charge in [0.15, 0.2) is 0 Å². The Hall–Kier alpha value is -5.66. The predicted molar refractivity (Wildman–Crippen MR) is 262 cm³/mol. The Morgan fingerprint density at radius 2 is 0.600 bits per heavy atom. The van der Waals surface area contributed by atoms with Crippen LogP contribution in [0.2, 0.25) is 0 Å². The van der Waals surface area contributed by atoms with Gasteiger partial charge in [0.2, 0.25) is 34.8 Å². The number of esters is 4. The molecule has 10 nitrogen and oxygen atoms in total. The minimum atomic E-state index is -2.05. The molecule has 0 saturated carbocycles. The summed E-state index contributed by atoms with van der Waals surface area (Å²) in [6, 6.07) is 11.1. The SMILES string of the molecule is C=C(C)C(=O)OCCCCCCCCCCCCCCOc1ccc(C(=O)Oc2c(F)c(F)c(OC(=O)c3ccc(OCCCCCCCCCCCCCCOC(=O)C(=C)C)cc3)c(F)c2F)cc1. The zero-order chi connectivity index (χ0) is 50.9. The molecule has 386 valence electrons. The van der Waals surface area contributed by atoms with Crippen LogP contribution in [0.25, 0.3) is 0 Å². The summed E-state index contributed by atoms with van der Waals surface area (Å²) in [6.07, 6.45) is 26.2. The number of carbonyl (C=O) groups is 4. The molecule has 0 aromatic heterocycles. The topological polar surface area (TPSA) is 124 Å². The molecule has 3 aromatic rings. The average Bonchev–Trinajstić information content (AvgIpc) is 3.35. The maximum atomic E-state index is 15.0. The molecule has 0 spiro atoms. The van der Waals surface area contributed by atoms with E-state index in [2.05, 4.69) is 13.2 Å². The van der Waals surface area contributed by atoms with Crippen LogP contribution in [0.15, 0.2) is 72.8 Å². The highest BCUT2D eigenvalue weighted by Crippen LogP contribution is 2.36. The molecule has 3 aromatic carbocycles. The number of hydrogen-bond donors (Lipinski definition) is 0. The smallest absolute Gasteiger partial charge is 0.343 e. The third kappa shape index (κ3) is 23.3. The van der Waals surface area contributed by atoms with Crippen LogP contribution in [0, 0.1) is 23.3 Å². The van der Waals surface area contributed by atoms with E-state index in [1.165, 1.54) is 113 Å². The number of carbonyl (C=O) groups excluding carboxylic acids is 4. The van der Waals surface area contributed by atoms with E-state index >= 15 is 17.6 Å². The zero-order valence-electron chi connectivity index (χ0n) is 41.4. The molecule has 0 heterocycles. The Kier molecular flexibility index (Phi) is 29.0. The van der Waals surface area contributed by atoms with E-state index in [1.54, 1.807) is 13.8 Å². The molecular weight excluding hydrogens is 909 g/mol. The number of ether oxygens (including phenoxy) is 6. The summed E-state index contributed by atoms with van der Waals surface area (Å²) in [5.41, 5.74) is 0.536. The lowest BCUT2D eigenvalue weighted by molar-refractivity contribution is -0.139. The molecule has 3 rings (SSSR count). The normalized spacial score (nSPS) is 10.9. The van der Waals surface area contributed by atoms with Crippen molar-refractivity contribution in [3.8, 4) is 23.0 Å². The standard InChI is InChI=1S/C56H74F4O10/c1-41(2)53(61)67-39-27-23-19-15-11-7-5-9-13-17-21-25-37-65-45-33-29-43(30-34-45)55(63)69-51-47(57)49(59)52(50(60)48(51)58)70-56(64)44-31-35-46(36-32-44)66-38-26-22-18-14-10-6-8-12-16-20-24-28-40-68-54(62)42(3)4/h29-36H,1,3,5-28,37-40H2,2,4H3. The van der Waals surface area contributed by atoms with Gasteiger partial charge in [-0.1, -0.05) is 142 Å². The van der Waals surface area contributed by atoms with E-state index in [-0.39, 0.29) is 23.1 Å². The van der Waals surface area contributed by atoms with Gasteiger partial charge >= 0.3 is 23.9 Å². The number of halogens is 4. The molecule has 0 N–H and O–H groups in total. The van der Waals surface area contributed by atoms with E-state index in [0.717, 1.165) is 89.9 Å². The monoisotopic (exact) mass is 983 g/mol. The van der Waals surface area contributed by atoms with Gasteiger partial charge in [-0.2, -0.15) is 17.6 Å². The molecule has 0 fully saturated rings. The van der Waals surface area contributed by atoms with Crippen molar-refractivity contribution in [2.45, 2.75) is 168 Å². The van der Waals surface area contributed by atoms with Gasteiger partial charge < -0.3 is 28.4 Å². The maximum Gasteiger partial charge on any atom is 0.343 e. The molecule has 0 unspecified atom stereocenters. The van der Waals surface area contributed by atoms with Crippen LogP contribution in [0.4, 0.5) is 17.6 Å². The summed E-state index contributed by atoms with van der Waals surface area (Å²) in [5.74, 6) is -13.8. The summed E-state index contributed by atoms with van der Waals surface area (Å²) in [4.78, 5) is 48.2. The first-order valence-corrected chi connectivity index (χ1v) is 25.2. The maximum absolute atomic E-state index is 15.0. The lowest BCUT2D eigenvalue weighted by atomic mass is 10.1. The van der Waals surface area contributed by atoms with Crippen molar-refractivity contribution < 1.29 is 65.2 Å². The highest BCUT2D eigenvalue weighted by Gasteiger charge is 2.31. The second-order valence-electron chi connectivity index (χ2n) is 17.8. The van der Waals surface area contributed by atoms with Crippen molar-refractivity contribution >= 4 is 23.9 Å². The van der Waals surface area contributed by atoms with Gasteiger partial charge in [0.25, 0.3) is 0 Å². The van der Waals surface area contributed by atoms with Gasteiger partial charge in [-0.3, -0.25) is 0 Å². The Morgan fingerprint density at radius 3 is 0.843 bits per heavy atom. The molecule has 70 heavy (non-hydrogen) atoms. The molecular formula is C56H74F4O10. The molecule has 0 atom stereocenters. The van der Waals surface area contributed by atoms with Crippen molar-refractivity contribution in [1.29, 1.82) is 0 Å². The van der Waals surface area contributed by atoms with Crippen molar-refractivity contribution in [2.24, 2.45) is 0 Å². The van der Waals surface area contributed by atoms with E-state index in [0.29, 0.717) is 49.1 Å². The summed E-state index contributed by atoms with van der Waals surface area (Å²) in [7, 11) is 0. The first-order chi connectivity index (χ1) is 33.8. The Labute approximate surface area is 412 Å². The number of benzene rings is 3. The first-order valence-electron chi connectivity index (χ1n) is 25.2. The zero-order valence-corrected chi connectivity index (χ0v) is 41.4. The number of hydrogen-bond acceptors (Lipinski definition) is 10. The Morgan fingerprint density at radius 1 is 0.371 bits per heavy atom. The first kappa shape index (κ1) is 58.7. The van der Waals surface area contributed by atoms with Crippen LogP contribution >= 0.6 is 0 Å². The van der Waals surface area contributed by atoms with Crippen molar-refractivity contribution in [3.05, 3.63) is 107 Å². The largest absolute Gasteiger partial charge is 0.494 e. The molecule has 0 amide bonds. The van der Waals surface area contributed by atoms with Gasteiger partial charge in [0.05, 0.1) is 37.6 Å². The van der Waals surface area contributed by atoms with E-state index in [4.69, 9.17) is 28.4 Å². The van der Waals surface area contributed by atoms with E-state index < -0.39 is 46.7 Å². The van der Waals surface area contributed by atoms with Gasteiger partial charge in [0.1, 0.15) is 11.5 Å². The number of unbranched alkanes of at least 4 members (excludes halogenated alkanes) is 22. The van der Waals surface area contributed by atoms with Crippen LogP contribution in [-0.4, -0.2) is 50.3 Å². The van der Waals surface area contributed by atoms with Gasteiger partial charge in [-0.15, -0.1) is 0 Å². The predicted octanol–water partition coefficient (Wildman–Crippen LogP) is 15.0. The van der Waals surface area contributed by atoms with Gasteiger partial charge in [-0.05, 0) is 88.1 Å². The molecule has 0 saturated heterocycles. The Bertz CT molecular complexity index is 1890. The second-order valence-corrected chi connectivity index (χ2v) is 17.8. The fraction of sp³-hybridized carbons (Fsp3) is 0.536. The average molecular weight is 983 g/mol. The highest BCUT2D eigenvalue weighted by atomic mass is 19.2. The summed E-state index contributed by atoms with van der Waals surface area (Å²) in [5, 5.41) is 0.